The van der Waals surface area contributed by atoms with Crippen LogP contribution in [0.5, 0.6) is 0 Å². The number of alkyl halides is 1. The molecular weight excluding hydrogens is 190 g/mol. The molecule has 2 atom stereocenters. The fraction of sp³-hybridized carbons (Fsp3) is 1.00. The van der Waals surface area contributed by atoms with Gasteiger partial charge in [0.2, 0.25) is 0 Å². The molecule has 0 heterocycles. The minimum atomic E-state index is -4.67. The normalized spacial score (nSPS) is 19.9. The van der Waals surface area contributed by atoms with Crippen molar-refractivity contribution in [2.45, 2.75) is 0 Å². The van der Waals surface area contributed by atoms with Gasteiger partial charge in [-0.2, -0.15) is 8.18 Å². The number of halogens is 1. The molecule has 6 nitrogen and oxygen atoms in total. The number of rotatable bonds is 4. The second-order valence-corrected chi connectivity index (χ2v) is 3.22. The van der Waals surface area contributed by atoms with Gasteiger partial charge < -0.3 is 4.89 Å². The van der Waals surface area contributed by atoms with Gasteiger partial charge in [-0.3, -0.25) is 9.08 Å². The van der Waals surface area contributed by atoms with Crippen LogP contribution in [0.3, 0.4) is 0 Å². The Morgan fingerprint density at radius 3 is 2.50 bits per heavy atom. The molecule has 2 N–H and O–H groups in total. The summed E-state index contributed by atoms with van der Waals surface area (Å²) < 4.78 is 45.5. The van der Waals surface area contributed by atoms with Gasteiger partial charge in [-0.05, 0) is 0 Å². The second-order valence-electron chi connectivity index (χ2n) is 0.998. The quantitative estimate of drug-likeness (QED) is 0.489. The van der Waals surface area contributed by atoms with Gasteiger partial charge in [0.1, 0.15) is 0 Å². The molecule has 0 amide bonds. The van der Waals surface area contributed by atoms with Gasteiger partial charge >= 0.3 is 19.2 Å². The van der Waals surface area contributed by atoms with Crippen LogP contribution in [0.15, 0.2) is 0 Å². The van der Waals surface area contributed by atoms with E-state index in [1.807, 2.05) is 0 Å². The van der Waals surface area contributed by atoms with Crippen LogP contribution in [0, 0.1) is 0 Å². The Kier molecular flexibility index (Phi) is 4.18. The molecule has 62 valence electrons. The van der Waals surface area contributed by atoms with Crippen molar-refractivity contribution in [2.75, 3.05) is 6.86 Å². The molecule has 0 aliphatic rings. The third kappa shape index (κ3) is 4.98. The van der Waals surface area contributed by atoms with Crippen molar-refractivity contribution in [1.82, 2.24) is 0 Å². The third-order valence-electron chi connectivity index (χ3n) is 0.370. The standard InChI is InChI=1S/CH4FO6PS/c2-1-7-9(3,4)8-10(5)6/h1H2,(H,3,4)(H,5,6). The molecule has 9 heteroatoms. The molecule has 0 fully saturated rings. The zero-order valence-corrected chi connectivity index (χ0v) is 6.18. The van der Waals surface area contributed by atoms with Crippen LogP contribution in [0.4, 0.5) is 4.39 Å². The number of hydrogen-bond acceptors (Lipinski definition) is 4. The molecule has 0 spiro atoms. The largest absolute Gasteiger partial charge is 0.489 e. The minimum Gasteiger partial charge on any atom is -0.302 e. The van der Waals surface area contributed by atoms with Crippen molar-refractivity contribution in [1.29, 1.82) is 0 Å². The predicted octanol–water partition coefficient (Wildman–Crippen LogP) is 0.184. The summed E-state index contributed by atoms with van der Waals surface area (Å²) in [6.45, 7) is -1.56. The highest BCUT2D eigenvalue weighted by molar-refractivity contribution is 7.79. The van der Waals surface area contributed by atoms with E-state index in [0.717, 1.165) is 0 Å². The van der Waals surface area contributed by atoms with E-state index in [-0.39, 0.29) is 0 Å². The maximum atomic E-state index is 11.1. The summed E-state index contributed by atoms with van der Waals surface area (Å²) in [6.07, 6.45) is 0. The average molecular weight is 194 g/mol. The van der Waals surface area contributed by atoms with Crippen molar-refractivity contribution in [2.24, 2.45) is 0 Å². The Morgan fingerprint density at radius 1 is 1.70 bits per heavy atom. The SMILES string of the molecule is O=S(O)OP(=O)(O)OCF. The number of phosphoric ester groups is 1. The number of phosphoric acid groups is 1. The van der Waals surface area contributed by atoms with Crippen molar-refractivity contribution in [3.63, 3.8) is 0 Å². The maximum Gasteiger partial charge on any atom is 0.489 e. The summed E-state index contributed by atoms with van der Waals surface area (Å²) >= 11 is -2.94. The smallest absolute Gasteiger partial charge is 0.302 e. The van der Waals surface area contributed by atoms with E-state index in [1.165, 1.54) is 0 Å². The molecule has 0 aromatic rings. The molecule has 0 aliphatic heterocycles. The zero-order chi connectivity index (χ0) is 8.20. The lowest BCUT2D eigenvalue weighted by Gasteiger charge is -2.03. The fourth-order valence-corrected chi connectivity index (χ4v) is 1.10. The van der Waals surface area contributed by atoms with Gasteiger partial charge in [-0.25, -0.2) is 8.96 Å². The highest BCUT2D eigenvalue weighted by Gasteiger charge is 2.24. The molecule has 0 aliphatic carbocycles. The van der Waals surface area contributed by atoms with Crippen molar-refractivity contribution >= 4 is 19.2 Å². The van der Waals surface area contributed by atoms with Crippen molar-refractivity contribution in [3.8, 4) is 0 Å². The van der Waals surface area contributed by atoms with Crippen LogP contribution in [0.1, 0.15) is 0 Å². The molecule has 0 aromatic carbocycles. The fourth-order valence-electron chi connectivity index (χ4n) is 0.164. The van der Waals surface area contributed by atoms with Gasteiger partial charge in [0.15, 0.2) is 6.86 Å². The van der Waals surface area contributed by atoms with Gasteiger partial charge in [0.25, 0.3) is 0 Å². The Hall–Kier alpha value is 0.150. The van der Waals surface area contributed by atoms with E-state index >= 15 is 0 Å². The molecule has 0 aromatic heterocycles. The first kappa shape index (κ1) is 10.2. The van der Waals surface area contributed by atoms with Crippen LogP contribution >= 0.6 is 7.82 Å². The topological polar surface area (TPSA) is 93.1 Å². The summed E-state index contributed by atoms with van der Waals surface area (Å²) in [4.78, 5) is 8.20. The molecule has 0 radical (unpaired) electrons. The zero-order valence-electron chi connectivity index (χ0n) is 4.47. The first-order chi connectivity index (χ1) is 4.48. The summed E-state index contributed by atoms with van der Waals surface area (Å²) in [5.74, 6) is 0. The highest BCUT2D eigenvalue weighted by Crippen LogP contribution is 2.43. The third-order valence-corrected chi connectivity index (χ3v) is 2.06. The summed E-state index contributed by atoms with van der Waals surface area (Å²) in [7, 11) is -4.67. The van der Waals surface area contributed by atoms with Crippen molar-refractivity contribution < 1.29 is 31.1 Å². The molecular formula is CH4FO6PS. The molecule has 10 heavy (non-hydrogen) atoms. The van der Waals surface area contributed by atoms with Crippen molar-refractivity contribution in [3.05, 3.63) is 0 Å². The summed E-state index contributed by atoms with van der Waals surface area (Å²) in [5.41, 5.74) is 0. The van der Waals surface area contributed by atoms with Gasteiger partial charge in [0.05, 0.1) is 0 Å². The first-order valence-corrected chi connectivity index (χ1v) is 4.35. The van der Waals surface area contributed by atoms with E-state index in [9.17, 15) is 13.2 Å². The highest BCUT2D eigenvalue weighted by atomic mass is 32.2. The monoisotopic (exact) mass is 194 g/mol. The predicted molar refractivity (Wildman–Crippen MR) is 28.7 cm³/mol. The van der Waals surface area contributed by atoms with Crippen LogP contribution in [0.2, 0.25) is 0 Å². The molecule has 0 bridgehead atoms. The number of hydrogen-bond donors (Lipinski definition) is 2. The minimum absolute atomic E-state index is 1.56. The molecule has 0 saturated heterocycles. The van der Waals surface area contributed by atoms with E-state index < -0.39 is 26.0 Å². The Balaban J connectivity index is 3.87. The Morgan fingerprint density at radius 2 is 2.20 bits per heavy atom. The molecule has 2 unspecified atom stereocenters. The van der Waals surface area contributed by atoms with E-state index in [4.69, 9.17) is 9.45 Å². The summed E-state index contributed by atoms with van der Waals surface area (Å²) in [6, 6.07) is 0. The average Bonchev–Trinajstić information content (AvgIpc) is 1.59. The maximum absolute atomic E-state index is 11.1. The van der Waals surface area contributed by atoms with Crippen LogP contribution in [0.25, 0.3) is 0 Å². The molecule has 0 rings (SSSR count). The Bertz CT molecular complexity index is 169. The lowest BCUT2D eigenvalue weighted by molar-refractivity contribution is 0.136. The molecule has 0 saturated carbocycles. The lowest BCUT2D eigenvalue weighted by Crippen LogP contribution is -1.96. The van der Waals surface area contributed by atoms with E-state index in [2.05, 4.69) is 8.49 Å². The van der Waals surface area contributed by atoms with E-state index in [1.54, 1.807) is 0 Å². The summed E-state index contributed by atoms with van der Waals surface area (Å²) in [5, 5.41) is 0. The Labute approximate surface area is 58.1 Å². The van der Waals surface area contributed by atoms with Gasteiger partial charge in [0, 0.05) is 0 Å². The van der Waals surface area contributed by atoms with E-state index in [0.29, 0.717) is 0 Å². The van der Waals surface area contributed by atoms with Gasteiger partial charge in [-0.1, -0.05) is 0 Å². The first-order valence-electron chi connectivity index (χ1n) is 1.82. The lowest BCUT2D eigenvalue weighted by atomic mass is 11.6. The van der Waals surface area contributed by atoms with Crippen LogP contribution in [-0.4, -0.2) is 20.5 Å². The van der Waals surface area contributed by atoms with Gasteiger partial charge in [-0.15, -0.1) is 0 Å². The van der Waals surface area contributed by atoms with Crippen LogP contribution in [-0.2, 0) is 24.4 Å². The second kappa shape index (κ2) is 4.12. The van der Waals surface area contributed by atoms with Crippen LogP contribution < -0.4 is 0 Å².